The number of benzene rings is 1. The van der Waals surface area contributed by atoms with Gasteiger partial charge in [0.1, 0.15) is 17.4 Å². The molecular formula is C17H21N3O3. The molecule has 6 heteroatoms. The molecule has 0 saturated heterocycles. The zero-order valence-corrected chi connectivity index (χ0v) is 13.4. The number of H-pyrrole nitrogens is 1. The summed E-state index contributed by atoms with van der Waals surface area (Å²) >= 11 is 0. The molecule has 23 heavy (non-hydrogen) atoms. The van der Waals surface area contributed by atoms with E-state index in [2.05, 4.69) is 15.3 Å². The van der Waals surface area contributed by atoms with E-state index >= 15 is 0 Å². The lowest BCUT2D eigenvalue weighted by Crippen LogP contribution is -2.16. The predicted molar refractivity (Wildman–Crippen MR) is 89.6 cm³/mol. The van der Waals surface area contributed by atoms with Crippen LogP contribution in [0, 0.1) is 0 Å². The maximum Gasteiger partial charge on any atom is 0.253 e. The van der Waals surface area contributed by atoms with Crippen molar-refractivity contribution in [2.75, 3.05) is 11.9 Å². The molecule has 0 saturated carbocycles. The van der Waals surface area contributed by atoms with Gasteiger partial charge in [0.2, 0.25) is 5.91 Å². The van der Waals surface area contributed by atoms with E-state index in [0.29, 0.717) is 30.2 Å². The lowest BCUT2D eigenvalue weighted by atomic mass is 10.2. The second kappa shape index (κ2) is 8.12. The van der Waals surface area contributed by atoms with Gasteiger partial charge in [-0.3, -0.25) is 9.59 Å². The van der Waals surface area contributed by atoms with Gasteiger partial charge in [0.25, 0.3) is 5.56 Å². The van der Waals surface area contributed by atoms with Crippen LogP contribution in [0.3, 0.4) is 0 Å². The molecule has 0 spiro atoms. The number of ether oxygens (including phenoxy) is 1. The lowest BCUT2D eigenvalue weighted by Gasteiger charge is -2.11. The van der Waals surface area contributed by atoms with E-state index in [1.54, 1.807) is 0 Å². The summed E-state index contributed by atoms with van der Waals surface area (Å²) in [6, 6.07) is 8.62. The minimum Gasteiger partial charge on any atom is -0.493 e. The summed E-state index contributed by atoms with van der Waals surface area (Å²) in [4.78, 5) is 30.6. The molecule has 0 unspecified atom stereocenters. The lowest BCUT2D eigenvalue weighted by molar-refractivity contribution is -0.116. The van der Waals surface area contributed by atoms with Gasteiger partial charge in [-0.2, -0.15) is 0 Å². The number of aromatic amines is 1. The van der Waals surface area contributed by atoms with Crippen molar-refractivity contribution in [3.8, 4) is 17.1 Å². The highest BCUT2D eigenvalue weighted by molar-refractivity contribution is 5.89. The Bertz CT molecular complexity index is 725. The SMILES string of the molecule is CCCOc1ccccc1-c1nc(NC(=O)CCC)cc(=O)[nH]1. The molecule has 0 radical (unpaired) electrons. The average Bonchev–Trinajstić information content (AvgIpc) is 2.52. The molecule has 2 aromatic rings. The third-order valence-corrected chi connectivity index (χ3v) is 3.09. The van der Waals surface area contributed by atoms with Crippen LogP contribution >= 0.6 is 0 Å². The van der Waals surface area contributed by atoms with Gasteiger partial charge in [0.15, 0.2) is 0 Å². The highest BCUT2D eigenvalue weighted by Gasteiger charge is 2.11. The second-order valence-corrected chi connectivity index (χ2v) is 5.12. The molecule has 0 aliphatic carbocycles. The van der Waals surface area contributed by atoms with Crippen molar-refractivity contribution < 1.29 is 9.53 Å². The van der Waals surface area contributed by atoms with Crippen LogP contribution in [0.5, 0.6) is 5.75 Å². The molecule has 0 aliphatic heterocycles. The fraction of sp³-hybridized carbons (Fsp3) is 0.353. The van der Waals surface area contributed by atoms with Crippen molar-refractivity contribution in [2.24, 2.45) is 0 Å². The van der Waals surface area contributed by atoms with Gasteiger partial charge in [-0.05, 0) is 25.0 Å². The van der Waals surface area contributed by atoms with Crippen molar-refractivity contribution in [3.05, 3.63) is 40.7 Å². The Kier molecular flexibility index (Phi) is 5.91. The predicted octanol–water partition coefficient (Wildman–Crippen LogP) is 2.96. The minimum atomic E-state index is -0.327. The van der Waals surface area contributed by atoms with Crippen LogP contribution < -0.4 is 15.6 Å². The van der Waals surface area contributed by atoms with Gasteiger partial charge < -0.3 is 15.0 Å². The first kappa shape index (κ1) is 16.7. The number of hydrogen-bond acceptors (Lipinski definition) is 4. The average molecular weight is 315 g/mol. The van der Waals surface area contributed by atoms with Crippen molar-refractivity contribution >= 4 is 11.7 Å². The number of nitrogens with one attached hydrogen (secondary N) is 2. The van der Waals surface area contributed by atoms with Crippen LogP contribution in [0.25, 0.3) is 11.4 Å². The summed E-state index contributed by atoms with van der Waals surface area (Å²) in [5, 5.41) is 2.65. The minimum absolute atomic E-state index is 0.160. The first-order valence-electron chi connectivity index (χ1n) is 7.77. The van der Waals surface area contributed by atoms with Gasteiger partial charge in [-0.1, -0.05) is 26.0 Å². The molecule has 6 nitrogen and oxygen atoms in total. The van der Waals surface area contributed by atoms with Crippen LogP contribution in [-0.2, 0) is 4.79 Å². The van der Waals surface area contributed by atoms with E-state index in [9.17, 15) is 9.59 Å². The van der Waals surface area contributed by atoms with Crippen molar-refractivity contribution in [1.29, 1.82) is 0 Å². The molecule has 0 fully saturated rings. The number of carbonyl (C=O) groups is 1. The molecule has 2 N–H and O–H groups in total. The number of para-hydroxylation sites is 1. The number of rotatable bonds is 7. The van der Waals surface area contributed by atoms with Gasteiger partial charge in [0, 0.05) is 12.5 Å². The topological polar surface area (TPSA) is 84.1 Å². The zero-order chi connectivity index (χ0) is 16.7. The van der Waals surface area contributed by atoms with Crippen molar-refractivity contribution in [1.82, 2.24) is 9.97 Å². The number of aromatic nitrogens is 2. The smallest absolute Gasteiger partial charge is 0.253 e. The Morgan fingerprint density at radius 1 is 1.26 bits per heavy atom. The second-order valence-electron chi connectivity index (χ2n) is 5.12. The normalized spacial score (nSPS) is 10.3. The summed E-state index contributed by atoms with van der Waals surface area (Å²) < 4.78 is 5.69. The Balaban J connectivity index is 2.35. The summed E-state index contributed by atoms with van der Waals surface area (Å²) in [6.07, 6.45) is 2.00. The van der Waals surface area contributed by atoms with Crippen LogP contribution in [0.4, 0.5) is 5.82 Å². The highest BCUT2D eigenvalue weighted by atomic mass is 16.5. The third kappa shape index (κ3) is 4.67. The maximum absolute atomic E-state index is 11.9. The Labute approximate surface area is 134 Å². The fourth-order valence-electron chi connectivity index (χ4n) is 2.08. The van der Waals surface area contributed by atoms with E-state index in [-0.39, 0.29) is 17.3 Å². The number of amides is 1. The zero-order valence-electron chi connectivity index (χ0n) is 13.4. The molecule has 1 amide bonds. The Morgan fingerprint density at radius 2 is 2.04 bits per heavy atom. The summed E-state index contributed by atoms with van der Waals surface area (Å²) in [7, 11) is 0. The number of hydrogen-bond donors (Lipinski definition) is 2. The molecule has 0 atom stereocenters. The quantitative estimate of drug-likeness (QED) is 0.822. The maximum atomic E-state index is 11.9. The number of carbonyl (C=O) groups excluding carboxylic acids is 1. The van der Waals surface area contributed by atoms with Crippen molar-refractivity contribution in [2.45, 2.75) is 33.1 Å². The van der Waals surface area contributed by atoms with Gasteiger partial charge in [0.05, 0.1) is 12.2 Å². The summed E-state index contributed by atoms with van der Waals surface area (Å²) in [6.45, 7) is 4.51. The number of anilines is 1. The molecule has 1 heterocycles. The molecule has 0 bridgehead atoms. The summed E-state index contributed by atoms with van der Waals surface area (Å²) in [5.74, 6) is 1.10. The summed E-state index contributed by atoms with van der Waals surface area (Å²) in [5.41, 5.74) is 0.358. The van der Waals surface area contributed by atoms with Crippen LogP contribution in [0.2, 0.25) is 0 Å². The molecule has 2 rings (SSSR count). The van der Waals surface area contributed by atoms with E-state index in [4.69, 9.17) is 4.74 Å². The standard InChI is InChI=1S/C17H21N3O3/c1-3-7-15(21)18-14-11-16(22)20-17(19-14)12-8-5-6-9-13(12)23-10-4-2/h5-6,8-9,11H,3-4,7,10H2,1-2H3,(H2,18,19,20,21,22). The molecule has 1 aromatic carbocycles. The number of nitrogens with zero attached hydrogens (tertiary/aromatic N) is 1. The van der Waals surface area contributed by atoms with Gasteiger partial charge >= 0.3 is 0 Å². The van der Waals surface area contributed by atoms with E-state index in [1.165, 1.54) is 6.07 Å². The third-order valence-electron chi connectivity index (χ3n) is 3.09. The van der Waals surface area contributed by atoms with E-state index < -0.39 is 0 Å². The monoisotopic (exact) mass is 315 g/mol. The Morgan fingerprint density at radius 3 is 2.78 bits per heavy atom. The largest absolute Gasteiger partial charge is 0.493 e. The van der Waals surface area contributed by atoms with E-state index in [0.717, 1.165) is 12.8 Å². The first-order chi connectivity index (χ1) is 11.1. The molecular weight excluding hydrogens is 294 g/mol. The van der Waals surface area contributed by atoms with Crippen molar-refractivity contribution in [3.63, 3.8) is 0 Å². The van der Waals surface area contributed by atoms with E-state index in [1.807, 2.05) is 38.1 Å². The molecule has 0 aliphatic rings. The molecule has 122 valence electrons. The molecule has 1 aromatic heterocycles. The van der Waals surface area contributed by atoms with Gasteiger partial charge in [-0.15, -0.1) is 0 Å². The van der Waals surface area contributed by atoms with Crippen LogP contribution in [0.15, 0.2) is 35.1 Å². The first-order valence-corrected chi connectivity index (χ1v) is 7.77. The fourth-order valence-corrected chi connectivity index (χ4v) is 2.08. The van der Waals surface area contributed by atoms with Gasteiger partial charge in [-0.25, -0.2) is 4.98 Å². The Hall–Kier alpha value is -2.63. The van der Waals surface area contributed by atoms with Crippen LogP contribution in [0.1, 0.15) is 33.1 Å². The highest BCUT2D eigenvalue weighted by Crippen LogP contribution is 2.27. The van der Waals surface area contributed by atoms with Crippen LogP contribution in [-0.4, -0.2) is 22.5 Å².